The molecule has 1 fully saturated rings. The van der Waals surface area contributed by atoms with Gasteiger partial charge in [0.05, 0.1) is 0 Å². The predicted octanol–water partition coefficient (Wildman–Crippen LogP) is 0.754. The summed E-state index contributed by atoms with van der Waals surface area (Å²) < 4.78 is 0. The van der Waals surface area contributed by atoms with E-state index in [1.54, 1.807) is 4.90 Å². The Morgan fingerprint density at radius 1 is 1.38 bits per heavy atom. The minimum absolute atomic E-state index is 0.00219. The maximum atomic E-state index is 11.5. The van der Waals surface area contributed by atoms with Gasteiger partial charge in [-0.2, -0.15) is 0 Å². The third kappa shape index (κ3) is 2.33. The summed E-state index contributed by atoms with van der Waals surface area (Å²) >= 11 is 0. The standard InChI is InChI=1S/C12H17N3O/c13-6-7-15-9-11(8-14-12(15)16)10-4-2-1-3-5-10/h1-5,11H,6-9,13H2,(H,14,16). The van der Waals surface area contributed by atoms with Crippen LogP contribution in [-0.2, 0) is 0 Å². The number of hydrogen-bond acceptors (Lipinski definition) is 2. The minimum atomic E-state index is -0.00219. The molecule has 86 valence electrons. The normalized spacial score (nSPS) is 20.7. The first kappa shape index (κ1) is 11.0. The predicted molar refractivity (Wildman–Crippen MR) is 63.2 cm³/mol. The van der Waals surface area contributed by atoms with Gasteiger partial charge in [-0.05, 0) is 5.56 Å². The zero-order valence-electron chi connectivity index (χ0n) is 9.23. The molecular weight excluding hydrogens is 202 g/mol. The molecule has 4 heteroatoms. The molecule has 1 aromatic carbocycles. The molecule has 1 atom stereocenters. The molecule has 0 bridgehead atoms. The first-order valence-electron chi connectivity index (χ1n) is 5.59. The van der Waals surface area contributed by atoms with Crippen LogP contribution in [0.25, 0.3) is 0 Å². The first-order valence-corrected chi connectivity index (χ1v) is 5.59. The molecule has 2 rings (SSSR count). The van der Waals surface area contributed by atoms with Gasteiger partial charge in [-0.3, -0.25) is 0 Å². The van der Waals surface area contributed by atoms with E-state index in [0.29, 0.717) is 25.6 Å². The molecule has 2 amide bonds. The maximum Gasteiger partial charge on any atom is 0.317 e. The smallest absolute Gasteiger partial charge is 0.317 e. The van der Waals surface area contributed by atoms with Crippen LogP contribution in [0.2, 0.25) is 0 Å². The average molecular weight is 219 g/mol. The van der Waals surface area contributed by atoms with E-state index < -0.39 is 0 Å². The molecular formula is C12H17N3O. The molecule has 1 heterocycles. The number of amides is 2. The lowest BCUT2D eigenvalue weighted by Gasteiger charge is -2.33. The number of carbonyl (C=O) groups is 1. The van der Waals surface area contributed by atoms with E-state index in [9.17, 15) is 4.79 Å². The Morgan fingerprint density at radius 2 is 2.12 bits per heavy atom. The second-order valence-corrected chi connectivity index (χ2v) is 4.03. The van der Waals surface area contributed by atoms with Gasteiger partial charge < -0.3 is 16.0 Å². The summed E-state index contributed by atoms with van der Waals surface area (Å²) in [5.74, 6) is 0.366. The van der Waals surface area contributed by atoms with Crippen LogP contribution in [0.1, 0.15) is 11.5 Å². The lowest BCUT2D eigenvalue weighted by molar-refractivity contribution is 0.181. The van der Waals surface area contributed by atoms with E-state index in [-0.39, 0.29) is 6.03 Å². The maximum absolute atomic E-state index is 11.5. The Morgan fingerprint density at radius 3 is 2.81 bits per heavy atom. The van der Waals surface area contributed by atoms with Crippen LogP contribution < -0.4 is 11.1 Å². The molecule has 1 saturated heterocycles. The fraction of sp³-hybridized carbons (Fsp3) is 0.417. The van der Waals surface area contributed by atoms with Crippen molar-refractivity contribution < 1.29 is 4.79 Å². The van der Waals surface area contributed by atoms with E-state index >= 15 is 0 Å². The minimum Gasteiger partial charge on any atom is -0.337 e. The molecule has 0 saturated carbocycles. The lowest BCUT2D eigenvalue weighted by atomic mass is 9.97. The Kier molecular flexibility index (Phi) is 3.41. The Hall–Kier alpha value is -1.55. The number of nitrogens with one attached hydrogen (secondary N) is 1. The SMILES string of the molecule is NCCN1CC(c2ccccc2)CNC1=O. The Balaban J connectivity index is 2.05. The van der Waals surface area contributed by atoms with E-state index in [4.69, 9.17) is 5.73 Å². The molecule has 1 unspecified atom stereocenters. The highest BCUT2D eigenvalue weighted by atomic mass is 16.2. The second-order valence-electron chi connectivity index (χ2n) is 4.03. The monoisotopic (exact) mass is 219 g/mol. The summed E-state index contributed by atoms with van der Waals surface area (Å²) in [4.78, 5) is 13.3. The lowest BCUT2D eigenvalue weighted by Crippen LogP contribution is -2.51. The van der Waals surface area contributed by atoms with Crippen LogP contribution in [0.4, 0.5) is 4.79 Å². The second kappa shape index (κ2) is 4.99. The van der Waals surface area contributed by atoms with Gasteiger partial charge in [0.15, 0.2) is 0 Å². The number of urea groups is 1. The topological polar surface area (TPSA) is 58.4 Å². The molecule has 3 N–H and O–H groups in total. The Labute approximate surface area is 95.4 Å². The highest BCUT2D eigenvalue weighted by Gasteiger charge is 2.25. The van der Waals surface area contributed by atoms with Gasteiger partial charge in [0.2, 0.25) is 0 Å². The van der Waals surface area contributed by atoms with Crippen LogP contribution in [0.3, 0.4) is 0 Å². The van der Waals surface area contributed by atoms with Gasteiger partial charge in [-0.25, -0.2) is 4.79 Å². The van der Waals surface area contributed by atoms with Crippen molar-refractivity contribution in [1.82, 2.24) is 10.2 Å². The van der Waals surface area contributed by atoms with Crippen molar-refractivity contribution in [3.8, 4) is 0 Å². The van der Waals surface area contributed by atoms with Crippen LogP contribution in [0.15, 0.2) is 30.3 Å². The third-order valence-electron chi connectivity index (χ3n) is 2.90. The summed E-state index contributed by atoms with van der Waals surface area (Å²) in [5, 5.41) is 2.90. The molecule has 1 aromatic rings. The fourth-order valence-corrected chi connectivity index (χ4v) is 2.03. The molecule has 16 heavy (non-hydrogen) atoms. The largest absolute Gasteiger partial charge is 0.337 e. The van der Waals surface area contributed by atoms with Crippen molar-refractivity contribution in [2.75, 3.05) is 26.2 Å². The van der Waals surface area contributed by atoms with Crippen molar-refractivity contribution in [1.29, 1.82) is 0 Å². The van der Waals surface area contributed by atoms with E-state index in [0.717, 1.165) is 6.54 Å². The van der Waals surface area contributed by atoms with Crippen LogP contribution in [0, 0.1) is 0 Å². The van der Waals surface area contributed by atoms with Crippen molar-refractivity contribution in [2.45, 2.75) is 5.92 Å². The van der Waals surface area contributed by atoms with Crippen molar-refractivity contribution in [3.63, 3.8) is 0 Å². The number of hydrogen-bond donors (Lipinski definition) is 2. The summed E-state index contributed by atoms with van der Waals surface area (Å²) in [7, 11) is 0. The van der Waals surface area contributed by atoms with Gasteiger partial charge in [0.25, 0.3) is 0 Å². The van der Waals surface area contributed by atoms with Crippen LogP contribution in [0.5, 0.6) is 0 Å². The van der Waals surface area contributed by atoms with Gasteiger partial charge >= 0.3 is 6.03 Å². The first-order chi connectivity index (χ1) is 7.81. The Bertz CT molecular complexity index is 353. The average Bonchev–Trinajstić information content (AvgIpc) is 2.33. The van der Waals surface area contributed by atoms with Gasteiger partial charge in [0.1, 0.15) is 0 Å². The van der Waals surface area contributed by atoms with E-state index in [2.05, 4.69) is 17.4 Å². The van der Waals surface area contributed by atoms with Gasteiger partial charge in [-0.15, -0.1) is 0 Å². The molecule has 0 radical (unpaired) electrons. The van der Waals surface area contributed by atoms with Crippen LogP contribution >= 0.6 is 0 Å². The zero-order valence-corrected chi connectivity index (χ0v) is 9.23. The van der Waals surface area contributed by atoms with Crippen molar-refractivity contribution in [3.05, 3.63) is 35.9 Å². The summed E-state index contributed by atoms with van der Waals surface area (Å²) in [6.07, 6.45) is 0. The van der Waals surface area contributed by atoms with E-state index in [1.807, 2.05) is 18.2 Å². The number of benzene rings is 1. The van der Waals surface area contributed by atoms with Crippen molar-refractivity contribution >= 4 is 6.03 Å². The zero-order chi connectivity index (χ0) is 11.4. The van der Waals surface area contributed by atoms with Gasteiger partial charge in [0, 0.05) is 32.1 Å². The number of carbonyl (C=O) groups excluding carboxylic acids is 1. The van der Waals surface area contributed by atoms with Crippen molar-refractivity contribution in [2.24, 2.45) is 5.73 Å². The highest BCUT2D eigenvalue weighted by molar-refractivity contribution is 5.75. The fourth-order valence-electron chi connectivity index (χ4n) is 2.03. The molecule has 0 aromatic heterocycles. The van der Waals surface area contributed by atoms with E-state index in [1.165, 1.54) is 5.56 Å². The summed E-state index contributed by atoms with van der Waals surface area (Å²) in [6.45, 7) is 2.60. The number of nitrogens with two attached hydrogens (primary N) is 1. The molecule has 1 aliphatic heterocycles. The molecule has 0 aliphatic carbocycles. The quantitative estimate of drug-likeness (QED) is 0.788. The third-order valence-corrected chi connectivity index (χ3v) is 2.90. The number of nitrogens with zero attached hydrogens (tertiary/aromatic N) is 1. The van der Waals surface area contributed by atoms with Gasteiger partial charge in [-0.1, -0.05) is 30.3 Å². The summed E-state index contributed by atoms with van der Waals surface area (Å²) in [5.41, 5.74) is 6.75. The van der Waals surface area contributed by atoms with Crippen LogP contribution in [-0.4, -0.2) is 37.1 Å². The molecule has 4 nitrogen and oxygen atoms in total. The number of rotatable bonds is 3. The molecule has 0 spiro atoms. The summed E-state index contributed by atoms with van der Waals surface area (Å²) in [6, 6.07) is 10.3. The molecule has 1 aliphatic rings. The highest BCUT2D eigenvalue weighted by Crippen LogP contribution is 2.19.